The SMILES string of the molecule is COc1ccc(C2CC(=O)NC(=O)C2C(C)C)c(OC)c1. The molecule has 1 fully saturated rings. The number of amides is 2. The van der Waals surface area contributed by atoms with E-state index in [0.717, 1.165) is 5.56 Å². The van der Waals surface area contributed by atoms with E-state index in [9.17, 15) is 9.59 Å². The molecule has 1 aromatic carbocycles. The number of rotatable bonds is 4. The van der Waals surface area contributed by atoms with E-state index in [0.29, 0.717) is 11.5 Å². The zero-order valence-electron chi connectivity index (χ0n) is 12.8. The fourth-order valence-corrected chi connectivity index (χ4v) is 2.98. The quantitative estimate of drug-likeness (QED) is 0.863. The van der Waals surface area contributed by atoms with Gasteiger partial charge >= 0.3 is 0 Å². The van der Waals surface area contributed by atoms with Crippen molar-refractivity contribution in [3.05, 3.63) is 23.8 Å². The molecule has 1 aromatic rings. The van der Waals surface area contributed by atoms with Gasteiger partial charge in [-0.2, -0.15) is 0 Å². The Kier molecular flexibility index (Phi) is 4.50. The average molecular weight is 291 g/mol. The van der Waals surface area contributed by atoms with Gasteiger partial charge in [0.2, 0.25) is 11.8 Å². The number of ether oxygens (including phenoxy) is 2. The Morgan fingerprint density at radius 3 is 2.48 bits per heavy atom. The Balaban J connectivity index is 2.45. The zero-order chi connectivity index (χ0) is 15.6. The van der Waals surface area contributed by atoms with E-state index in [-0.39, 0.29) is 36.0 Å². The second kappa shape index (κ2) is 6.16. The van der Waals surface area contributed by atoms with Crippen molar-refractivity contribution < 1.29 is 19.1 Å². The van der Waals surface area contributed by atoms with E-state index in [1.54, 1.807) is 20.3 Å². The maximum Gasteiger partial charge on any atom is 0.230 e. The van der Waals surface area contributed by atoms with Gasteiger partial charge in [-0.25, -0.2) is 0 Å². The lowest BCUT2D eigenvalue weighted by atomic mass is 9.74. The highest BCUT2D eigenvalue weighted by Gasteiger charge is 2.39. The molecule has 5 heteroatoms. The van der Waals surface area contributed by atoms with Crippen molar-refractivity contribution in [2.75, 3.05) is 14.2 Å². The molecule has 0 aromatic heterocycles. The molecule has 5 nitrogen and oxygen atoms in total. The Morgan fingerprint density at radius 1 is 1.19 bits per heavy atom. The van der Waals surface area contributed by atoms with Crippen LogP contribution >= 0.6 is 0 Å². The van der Waals surface area contributed by atoms with E-state index in [2.05, 4.69) is 5.32 Å². The van der Waals surface area contributed by atoms with Crippen LogP contribution in [0.2, 0.25) is 0 Å². The summed E-state index contributed by atoms with van der Waals surface area (Å²) in [7, 11) is 3.16. The van der Waals surface area contributed by atoms with Crippen molar-refractivity contribution in [2.24, 2.45) is 11.8 Å². The summed E-state index contributed by atoms with van der Waals surface area (Å²) in [6.07, 6.45) is 0.289. The minimum absolute atomic E-state index is 0.134. The van der Waals surface area contributed by atoms with Crippen LogP contribution in [0.1, 0.15) is 31.7 Å². The first kappa shape index (κ1) is 15.4. The zero-order valence-corrected chi connectivity index (χ0v) is 12.8. The number of hydrogen-bond acceptors (Lipinski definition) is 4. The monoisotopic (exact) mass is 291 g/mol. The predicted molar refractivity (Wildman–Crippen MR) is 78.4 cm³/mol. The maximum atomic E-state index is 12.2. The van der Waals surface area contributed by atoms with Gasteiger partial charge in [0.25, 0.3) is 0 Å². The number of carbonyl (C=O) groups excluding carboxylic acids is 2. The number of hydrogen-bond donors (Lipinski definition) is 1. The van der Waals surface area contributed by atoms with Crippen LogP contribution in [0.25, 0.3) is 0 Å². The molecule has 114 valence electrons. The first-order chi connectivity index (χ1) is 9.97. The van der Waals surface area contributed by atoms with Crippen LogP contribution in [0.5, 0.6) is 11.5 Å². The average Bonchev–Trinajstić information content (AvgIpc) is 2.45. The molecular formula is C16H21NO4. The highest BCUT2D eigenvalue weighted by Crippen LogP contribution is 2.41. The minimum atomic E-state index is -0.245. The number of imide groups is 1. The molecular weight excluding hydrogens is 270 g/mol. The number of benzene rings is 1. The standard InChI is InChI=1S/C16H21NO4/c1-9(2)15-12(8-14(18)17-16(15)19)11-6-5-10(20-3)7-13(11)21-4/h5-7,9,12,15H,8H2,1-4H3,(H,17,18,19). The van der Waals surface area contributed by atoms with Gasteiger partial charge in [-0.05, 0) is 17.5 Å². The topological polar surface area (TPSA) is 64.6 Å². The van der Waals surface area contributed by atoms with Gasteiger partial charge in [0.05, 0.1) is 14.2 Å². The number of methoxy groups -OCH3 is 2. The predicted octanol–water partition coefficient (Wildman–Crippen LogP) is 2.11. The van der Waals surface area contributed by atoms with Crippen LogP contribution in [-0.2, 0) is 9.59 Å². The van der Waals surface area contributed by atoms with Crippen molar-refractivity contribution in [3.63, 3.8) is 0 Å². The molecule has 1 N–H and O–H groups in total. The number of nitrogens with one attached hydrogen (secondary N) is 1. The number of carbonyl (C=O) groups is 2. The Morgan fingerprint density at radius 2 is 1.90 bits per heavy atom. The third-order valence-corrected chi connectivity index (χ3v) is 3.96. The van der Waals surface area contributed by atoms with E-state index in [4.69, 9.17) is 9.47 Å². The molecule has 0 saturated carbocycles. The summed E-state index contributed by atoms with van der Waals surface area (Å²) >= 11 is 0. The summed E-state index contributed by atoms with van der Waals surface area (Å²) in [5.74, 6) is 0.603. The largest absolute Gasteiger partial charge is 0.497 e. The number of piperidine rings is 1. The van der Waals surface area contributed by atoms with E-state index in [1.807, 2.05) is 26.0 Å². The van der Waals surface area contributed by atoms with Gasteiger partial charge in [0.1, 0.15) is 11.5 Å². The van der Waals surface area contributed by atoms with Crippen LogP contribution in [0, 0.1) is 11.8 Å². The molecule has 2 amide bonds. The van der Waals surface area contributed by atoms with Gasteiger partial charge in [-0.3, -0.25) is 14.9 Å². The van der Waals surface area contributed by atoms with E-state index < -0.39 is 0 Å². The lowest BCUT2D eigenvalue weighted by molar-refractivity contribution is -0.138. The van der Waals surface area contributed by atoms with Gasteiger partial charge in [-0.15, -0.1) is 0 Å². The molecule has 0 radical (unpaired) electrons. The molecule has 0 bridgehead atoms. The van der Waals surface area contributed by atoms with Crippen molar-refractivity contribution >= 4 is 11.8 Å². The lowest BCUT2D eigenvalue weighted by Crippen LogP contribution is -2.46. The highest BCUT2D eigenvalue weighted by molar-refractivity contribution is 6.00. The normalized spacial score (nSPS) is 22.1. The molecule has 0 spiro atoms. The summed E-state index contributed by atoms with van der Waals surface area (Å²) < 4.78 is 10.6. The maximum absolute atomic E-state index is 12.2. The van der Waals surface area contributed by atoms with Gasteiger partial charge in [-0.1, -0.05) is 19.9 Å². The Hall–Kier alpha value is -2.04. The molecule has 2 rings (SSSR count). The second-order valence-electron chi connectivity index (χ2n) is 5.60. The third kappa shape index (κ3) is 3.01. The first-order valence-corrected chi connectivity index (χ1v) is 7.03. The summed E-state index contributed by atoms with van der Waals surface area (Å²) in [4.78, 5) is 23.9. The molecule has 2 atom stereocenters. The van der Waals surface area contributed by atoms with Gasteiger partial charge in [0.15, 0.2) is 0 Å². The van der Waals surface area contributed by atoms with Crippen LogP contribution in [-0.4, -0.2) is 26.0 Å². The Bertz CT molecular complexity index is 553. The second-order valence-corrected chi connectivity index (χ2v) is 5.60. The molecule has 1 aliphatic heterocycles. The van der Waals surface area contributed by atoms with E-state index in [1.165, 1.54) is 0 Å². The molecule has 0 aliphatic carbocycles. The molecule has 1 saturated heterocycles. The van der Waals surface area contributed by atoms with E-state index >= 15 is 0 Å². The van der Waals surface area contributed by atoms with Crippen molar-refractivity contribution in [1.82, 2.24) is 5.32 Å². The summed E-state index contributed by atoms with van der Waals surface area (Å²) in [6.45, 7) is 3.98. The summed E-state index contributed by atoms with van der Waals surface area (Å²) in [6, 6.07) is 5.49. The van der Waals surface area contributed by atoms with Crippen LogP contribution in [0.15, 0.2) is 18.2 Å². The van der Waals surface area contributed by atoms with Crippen LogP contribution in [0.3, 0.4) is 0 Å². The van der Waals surface area contributed by atoms with Crippen LogP contribution < -0.4 is 14.8 Å². The van der Waals surface area contributed by atoms with Crippen molar-refractivity contribution in [2.45, 2.75) is 26.2 Å². The van der Waals surface area contributed by atoms with Crippen molar-refractivity contribution in [1.29, 1.82) is 0 Å². The molecule has 1 heterocycles. The summed E-state index contributed by atoms with van der Waals surface area (Å²) in [5.41, 5.74) is 0.875. The van der Waals surface area contributed by atoms with Gasteiger partial charge < -0.3 is 9.47 Å². The fourth-order valence-electron chi connectivity index (χ4n) is 2.98. The molecule has 2 unspecified atom stereocenters. The first-order valence-electron chi connectivity index (χ1n) is 7.03. The third-order valence-electron chi connectivity index (χ3n) is 3.96. The minimum Gasteiger partial charge on any atom is -0.497 e. The summed E-state index contributed by atoms with van der Waals surface area (Å²) in [5, 5.41) is 2.43. The molecule has 21 heavy (non-hydrogen) atoms. The van der Waals surface area contributed by atoms with Gasteiger partial charge in [0, 0.05) is 24.3 Å². The fraction of sp³-hybridized carbons (Fsp3) is 0.500. The van der Waals surface area contributed by atoms with Crippen molar-refractivity contribution in [3.8, 4) is 11.5 Å². The highest BCUT2D eigenvalue weighted by atomic mass is 16.5. The lowest BCUT2D eigenvalue weighted by Gasteiger charge is -2.33. The smallest absolute Gasteiger partial charge is 0.230 e. The van der Waals surface area contributed by atoms with Crippen LogP contribution in [0.4, 0.5) is 0 Å². The Labute approximate surface area is 124 Å². The molecule has 1 aliphatic rings.